The summed E-state index contributed by atoms with van der Waals surface area (Å²) in [6.45, 7) is 2.58. The highest BCUT2D eigenvalue weighted by atomic mass is 32.2. The molecule has 2 aromatic carbocycles. The van der Waals surface area contributed by atoms with Gasteiger partial charge in [0.1, 0.15) is 25.2 Å². The smallest absolute Gasteiger partial charge is 0.408 e. The van der Waals surface area contributed by atoms with Gasteiger partial charge in [0.2, 0.25) is 11.8 Å². The van der Waals surface area contributed by atoms with Crippen molar-refractivity contribution in [1.29, 1.82) is 0 Å². The largest absolute Gasteiger partial charge is 0.465 e. The minimum absolute atomic E-state index is 0.00299. The quantitative estimate of drug-likeness (QED) is 0.0684. The van der Waals surface area contributed by atoms with Crippen LogP contribution in [0.3, 0.4) is 0 Å². The average Bonchev–Trinajstić information content (AvgIpc) is 3.03. The standard InChI is InChI=1S/C28H33N5O12S/c1-3-43-25(35)15-29-26(36)21(17-46-23-12-10-19(32(39)40)14-22(23)33(41)42)30-24(34)13-11-20(27(37)44-4-2)31-28(38)45-16-18-8-6-5-7-9-18/h5-10,12,14,20-21H,3-4,11,13,15-17H2,1-2H3,(H,29,36)(H,30,34)(H,31,38)/t20-,21-/m0/s1. The summed E-state index contributed by atoms with van der Waals surface area (Å²) < 4.78 is 14.9. The van der Waals surface area contributed by atoms with E-state index in [0.29, 0.717) is 5.56 Å². The van der Waals surface area contributed by atoms with Crippen LogP contribution in [-0.2, 0) is 40.0 Å². The topological polar surface area (TPSA) is 235 Å². The molecule has 0 saturated heterocycles. The first-order chi connectivity index (χ1) is 21.9. The van der Waals surface area contributed by atoms with Gasteiger partial charge in [0.25, 0.3) is 11.4 Å². The Morgan fingerprint density at radius 1 is 0.870 bits per heavy atom. The summed E-state index contributed by atoms with van der Waals surface area (Å²) in [6.07, 6.45) is -1.56. The van der Waals surface area contributed by atoms with Crippen molar-refractivity contribution in [2.24, 2.45) is 0 Å². The van der Waals surface area contributed by atoms with Gasteiger partial charge in [-0.15, -0.1) is 11.8 Å². The van der Waals surface area contributed by atoms with E-state index < -0.39 is 69.7 Å². The predicted octanol–water partition coefficient (Wildman–Crippen LogP) is 2.40. The Kier molecular flexibility index (Phi) is 15.4. The molecule has 18 heteroatoms. The molecule has 0 saturated carbocycles. The zero-order chi connectivity index (χ0) is 34.1. The lowest BCUT2D eigenvalue weighted by Crippen LogP contribution is -2.50. The number of carbonyl (C=O) groups is 5. The number of rotatable bonds is 18. The summed E-state index contributed by atoms with van der Waals surface area (Å²) in [5.74, 6) is -3.43. The van der Waals surface area contributed by atoms with Crippen LogP contribution in [0.15, 0.2) is 53.4 Å². The van der Waals surface area contributed by atoms with Crippen LogP contribution < -0.4 is 16.0 Å². The van der Waals surface area contributed by atoms with Crippen molar-refractivity contribution >= 4 is 53.0 Å². The van der Waals surface area contributed by atoms with Crippen LogP contribution in [0.25, 0.3) is 0 Å². The fraction of sp³-hybridized carbons (Fsp3) is 0.393. The second-order valence-corrected chi connectivity index (χ2v) is 10.2. The van der Waals surface area contributed by atoms with Gasteiger partial charge < -0.3 is 30.2 Å². The second kappa shape index (κ2) is 19.2. The van der Waals surface area contributed by atoms with Crippen molar-refractivity contribution in [3.63, 3.8) is 0 Å². The van der Waals surface area contributed by atoms with E-state index in [4.69, 9.17) is 14.2 Å². The Hall–Kier alpha value is -5.26. The van der Waals surface area contributed by atoms with Gasteiger partial charge in [-0.3, -0.25) is 34.6 Å². The number of carbonyl (C=O) groups excluding carboxylic acids is 5. The number of benzene rings is 2. The number of nitrogens with one attached hydrogen (secondary N) is 3. The summed E-state index contributed by atoms with van der Waals surface area (Å²) in [5.41, 5.74) is -0.394. The predicted molar refractivity (Wildman–Crippen MR) is 161 cm³/mol. The van der Waals surface area contributed by atoms with E-state index in [9.17, 15) is 44.2 Å². The maximum atomic E-state index is 12.9. The first-order valence-electron chi connectivity index (χ1n) is 13.9. The molecule has 2 rings (SSSR count). The zero-order valence-corrected chi connectivity index (χ0v) is 25.7. The van der Waals surface area contributed by atoms with Crippen molar-refractivity contribution in [1.82, 2.24) is 16.0 Å². The highest BCUT2D eigenvalue weighted by Crippen LogP contribution is 2.32. The van der Waals surface area contributed by atoms with Gasteiger partial charge >= 0.3 is 18.0 Å². The molecule has 0 aliphatic carbocycles. The molecular formula is C28H33N5O12S. The van der Waals surface area contributed by atoms with Gasteiger partial charge in [-0.1, -0.05) is 30.3 Å². The van der Waals surface area contributed by atoms with Gasteiger partial charge in [-0.2, -0.15) is 0 Å². The van der Waals surface area contributed by atoms with Crippen molar-refractivity contribution in [2.45, 2.75) is 50.3 Å². The minimum atomic E-state index is -1.36. The van der Waals surface area contributed by atoms with Gasteiger partial charge in [0.05, 0.1) is 34.0 Å². The fourth-order valence-corrected chi connectivity index (χ4v) is 4.70. The van der Waals surface area contributed by atoms with Crippen LogP contribution in [0, 0.1) is 20.2 Å². The molecule has 0 fully saturated rings. The molecule has 248 valence electrons. The summed E-state index contributed by atoms with van der Waals surface area (Å²) >= 11 is 0.763. The molecule has 2 aromatic rings. The fourth-order valence-electron chi connectivity index (χ4n) is 3.68. The van der Waals surface area contributed by atoms with E-state index in [-0.39, 0.29) is 43.3 Å². The van der Waals surface area contributed by atoms with E-state index in [0.717, 1.165) is 30.0 Å². The number of nitrogens with zero attached hydrogens (tertiary/aromatic N) is 2. The molecule has 0 aliphatic rings. The third kappa shape index (κ3) is 12.8. The number of nitro benzene ring substituents is 2. The molecule has 0 aliphatic heterocycles. The SMILES string of the molecule is CCOC(=O)CNC(=O)[C@H](CSc1ccc([N+](=O)[O-])cc1[N+](=O)[O-])NC(=O)CC[C@H](NC(=O)OCc1ccccc1)C(=O)OCC. The van der Waals surface area contributed by atoms with E-state index in [1.807, 2.05) is 0 Å². The first kappa shape index (κ1) is 36.9. The minimum Gasteiger partial charge on any atom is -0.465 e. The van der Waals surface area contributed by atoms with Crippen LogP contribution >= 0.6 is 11.8 Å². The maximum absolute atomic E-state index is 12.9. The van der Waals surface area contributed by atoms with Gasteiger partial charge in [-0.25, -0.2) is 9.59 Å². The van der Waals surface area contributed by atoms with Gasteiger partial charge in [-0.05, 0) is 31.9 Å². The number of hydrogen-bond donors (Lipinski definition) is 3. The van der Waals surface area contributed by atoms with E-state index in [1.54, 1.807) is 44.2 Å². The Morgan fingerprint density at radius 2 is 1.57 bits per heavy atom. The highest BCUT2D eigenvalue weighted by molar-refractivity contribution is 7.99. The Balaban J connectivity index is 2.12. The number of non-ortho nitro benzene ring substituents is 1. The van der Waals surface area contributed by atoms with Crippen molar-refractivity contribution in [2.75, 3.05) is 25.5 Å². The molecule has 0 heterocycles. The molecule has 3 amide bonds. The second-order valence-electron chi connectivity index (χ2n) is 9.17. The normalized spacial score (nSPS) is 11.7. The lowest BCUT2D eigenvalue weighted by Gasteiger charge is -2.20. The van der Waals surface area contributed by atoms with Crippen LogP contribution in [-0.4, -0.2) is 77.3 Å². The molecule has 0 aromatic heterocycles. The summed E-state index contributed by atoms with van der Waals surface area (Å²) in [5, 5.41) is 29.7. The molecule has 17 nitrogen and oxygen atoms in total. The zero-order valence-electron chi connectivity index (χ0n) is 24.9. The summed E-state index contributed by atoms with van der Waals surface area (Å²) in [7, 11) is 0. The number of thioether (sulfide) groups is 1. The van der Waals surface area contributed by atoms with E-state index in [1.165, 1.54) is 0 Å². The third-order valence-corrected chi connectivity index (χ3v) is 7.01. The number of esters is 2. The number of alkyl carbamates (subject to hydrolysis) is 1. The molecule has 0 radical (unpaired) electrons. The van der Waals surface area contributed by atoms with Crippen LogP contribution in [0.2, 0.25) is 0 Å². The number of nitro groups is 2. The molecule has 0 spiro atoms. The van der Waals surface area contributed by atoms with E-state index >= 15 is 0 Å². The molecular weight excluding hydrogens is 630 g/mol. The first-order valence-corrected chi connectivity index (χ1v) is 14.9. The van der Waals surface area contributed by atoms with Crippen molar-refractivity contribution in [3.05, 3.63) is 74.3 Å². The molecule has 2 atom stereocenters. The number of amides is 3. The van der Waals surface area contributed by atoms with Gasteiger partial charge in [0, 0.05) is 18.2 Å². The molecule has 0 unspecified atom stereocenters. The maximum Gasteiger partial charge on any atom is 0.408 e. The van der Waals surface area contributed by atoms with Gasteiger partial charge in [0.15, 0.2) is 0 Å². The summed E-state index contributed by atoms with van der Waals surface area (Å²) in [6, 6.07) is 9.10. The Morgan fingerprint density at radius 3 is 2.20 bits per heavy atom. The number of ether oxygens (including phenoxy) is 3. The Labute approximate surface area is 267 Å². The highest BCUT2D eigenvalue weighted by Gasteiger charge is 2.28. The summed E-state index contributed by atoms with van der Waals surface area (Å²) in [4.78, 5) is 83.3. The molecule has 46 heavy (non-hydrogen) atoms. The van der Waals surface area contributed by atoms with Crippen LogP contribution in [0.1, 0.15) is 32.3 Å². The number of hydrogen-bond acceptors (Lipinski definition) is 13. The lowest BCUT2D eigenvalue weighted by molar-refractivity contribution is -0.396. The molecule has 0 bridgehead atoms. The van der Waals surface area contributed by atoms with Crippen LogP contribution in [0.4, 0.5) is 16.2 Å². The molecule has 3 N–H and O–H groups in total. The monoisotopic (exact) mass is 663 g/mol. The van der Waals surface area contributed by atoms with E-state index in [2.05, 4.69) is 16.0 Å². The van der Waals surface area contributed by atoms with Crippen molar-refractivity contribution < 1.29 is 48.0 Å². The van der Waals surface area contributed by atoms with Crippen molar-refractivity contribution in [3.8, 4) is 0 Å². The third-order valence-electron chi connectivity index (χ3n) is 5.86. The lowest BCUT2D eigenvalue weighted by atomic mass is 10.1. The average molecular weight is 664 g/mol. The Bertz CT molecular complexity index is 1410. The van der Waals surface area contributed by atoms with Crippen LogP contribution in [0.5, 0.6) is 0 Å².